The zero-order valence-corrected chi connectivity index (χ0v) is 11.8. The second kappa shape index (κ2) is 4.90. The highest BCUT2D eigenvalue weighted by Crippen LogP contribution is 2.28. The Morgan fingerprint density at radius 1 is 1.17 bits per heavy atom. The number of hydrogen-bond acceptors (Lipinski definition) is 3. The van der Waals surface area contributed by atoms with Crippen molar-refractivity contribution in [2.24, 2.45) is 0 Å². The molecule has 1 heterocycles. The lowest BCUT2D eigenvalue weighted by molar-refractivity contribution is 0.0202. The van der Waals surface area contributed by atoms with Gasteiger partial charge in [-0.25, -0.2) is 0 Å². The normalized spacial score (nSPS) is 22.9. The third-order valence-corrected chi connectivity index (χ3v) is 4.27. The van der Waals surface area contributed by atoms with E-state index in [-0.39, 0.29) is 5.54 Å². The second-order valence-corrected chi connectivity index (χ2v) is 5.97. The van der Waals surface area contributed by atoms with Gasteiger partial charge < -0.3 is 5.11 Å². The number of piperazine rings is 1. The van der Waals surface area contributed by atoms with E-state index in [1.54, 1.807) is 12.1 Å². The van der Waals surface area contributed by atoms with E-state index in [0.29, 0.717) is 11.8 Å². The van der Waals surface area contributed by atoms with E-state index < -0.39 is 0 Å². The van der Waals surface area contributed by atoms with Crippen molar-refractivity contribution in [1.82, 2.24) is 9.80 Å². The fourth-order valence-corrected chi connectivity index (χ4v) is 2.57. The average molecular weight is 248 g/mol. The number of rotatable bonds is 2. The molecule has 1 N–H and O–H groups in total. The van der Waals surface area contributed by atoms with E-state index in [4.69, 9.17) is 0 Å². The average Bonchev–Trinajstić information content (AvgIpc) is 2.33. The van der Waals surface area contributed by atoms with Crippen LogP contribution in [0.4, 0.5) is 0 Å². The molecule has 18 heavy (non-hydrogen) atoms. The molecule has 1 aliphatic rings. The lowest BCUT2D eigenvalue weighted by Gasteiger charge is -2.47. The van der Waals surface area contributed by atoms with Gasteiger partial charge in [0.1, 0.15) is 5.75 Å². The number of phenolic OH excluding ortho intramolecular Hbond substituents is 1. The first-order valence-corrected chi connectivity index (χ1v) is 6.64. The topological polar surface area (TPSA) is 26.7 Å². The van der Waals surface area contributed by atoms with Crippen LogP contribution in [-0.4, -0.2) is 47.1 Å². The summed E-state index contributed by atoms with van der Waals surface area (Å²) in [4.78, 5) is 4.94. The van der Waals surface area contributed by atoms with Crippen LogP contribution < -0.4 is 0 Å². The van der Waals surface area contributed by atoms with Gasteiger partial charge in [-0.1, -0.05) is 12.1 Å². The maximum absolute atomic E-state index is 9.35. The van der Waals surface area contributed by atoms with Crippen molar-refractivity contribution in [1.29, 1.82) is 0 Å². The molecule has 0 aliphatic carbocycles. The van der Waals surface area contributed by atoms with Crippen molar-refractivity contribution in [2.45, 2.75) is 32.4 Å². The number of benzene rings is 1. The van der Waals surface area contributed by atoms with Crippen molar-refractivity contribution in [3.05, 3.63) is 29.8 Å². The zero-order chi connectivity index (χ0) is 13.3. The first-order valence-electron chi connectivity index (χ1n) is 6.64. The number of phenols is 1. The third kappa shape index (κ3) is 2.68. The Kier molecular flexibility index (Phi) is 3.64. The highest BCUT2D eigenvalue weighted by Gasteiger charge is 2.33. The van der Waals surface area contributed by atoms with Crippen LogP contribution in [-0.2, 0) is 0 Å². The first kappa shape index (κ1) is 13.4. The van der Waals surface area contributed by atoms with Gasteiger partial charge in [0.2, 0.25) is 0 Å². The maximum atomic E-state index is 9.35. The van der Waals surface area contributed by atoms with Gasteiger partial charge in [-0.15, -0.1) is 0 Å². The fraction of sp³-hybridized carbons (Fsp3) is 0.600. The number of likely N-dealkylation sites (N-methyl/N-ethyl adjacent to an activating group) is 1. The van der Waals surface area contributed by atoms with E-state index in [9.17, 15) is 5.11 Å². The summed E-state index contributed by atoms with van der Waals surface area (Å²) in [5, 5.41) is 9.35. The SMILES string of the molecule is CC(c1ccc(O)cc1)N1CCN(C)C(C)(C)C1. The molecule has 1 aromatic carbocycles. The van der Waals surface area contributed by atoms with E-state index >= 15 is 0 Å². The van der Waals surface area contributed by atoms with Gasteiger partial charge in [0.25, 0.3) is 0 Å². The molecule has 0 aromatic heterocycles. The minimum absolute atomic E-state index is 0.226. The van der Waals surface area contributed by atoms with Crippen LogP contribution in [0.2, 0.25) is 0 Å². The number of hydrogen-bond donors (Lipinski definition) is 1. The molecule has 0 spiro atoms. The maximum Gasteiger partial charge on any atom is 0.115 e. The van der Waals surface area contributed by atoms with Crippen LogP contribution in [0, 0.1) is 0 Å². The van der Waals surface area contributed by atoms with Gasteiger partial charge in [0, 0.05) is 31.2 Å². The molecule has 1 saturated heterocycles. The second-order valence-electron chi connectivity index (χ2n) is 5.97. The van der Waals surface area contributed by atoms with E-state index in [1.807, 2.05) is 12.1 Å². The molecular formula is C15H24N2O. The molecule has 3 nitrogen and oxygen atoms in total. The number of nitrogens with zero attached hydrogens (tertiary/aromatic N) is 2. The smallest absolute Gasteiger partial charge is 0.115 e. The largest absolute Gasteiger partial charge is 0.508 e. The quantitative estimate of drug-likeness (QED) is 0.871. The fourth-order valence-electron chi connectivity index (χ4n) is 2.57. The third-order valence-electron chi connectivity index (χ3n) is 4.27. The van der Waals surface area contributed by atoms with Gasteiger partial charge >= 0.3 is 0 Å². The monoisotopic (exact) mass is 248 g/mol. The minimum Gasteiger partial charge on any atom is -0.508 e. The highest BCUT2D eigenvalue weighted by molar-refractivity contribution is 5.27. The molecule has 2 rings (SSSR count). The Morgan fingerprint density at radius 3 is 2.33 bits per heavy atom. The van der Waals surface area contributed by atoms with Gasteiger partial charge in [-0.2, -0.15) is 0 Å². The molecule has 1 atom stereocenters. The van der Waals surface area contributed by atoms with E-state index in [2.05, 4.69) is 37.6 Å². The predicted octanol–water partition coefficient (Wildman–Crippen LogP) is 2.48. The summed E-state index contributed by atoms with van der Waals surface area (Å²) in [6.45, 7) is 10.1. The van der Waals surface area contributed by atoms with Crippen LogP contribution >= 0.6 is 0 Å². The Hall–Kier alpha value is -1.06. The molecule has 0 saturated carbocycles. The molecule has 0 amide bonds. The van der Waals surface area contributed by atoms with Crippen molar-refractivity contribution in [2.75, 3.05) is 26.7 Å². The Bertz CT molecular complexity index is 399. The molecule has 1 aliphatic heterocycles. The van der Waals surface area contributed by atoms with Crippen molar-refractivity contribution >= 4 is 0 Å². The summed E-state index contributed by atoms with van der Waals surface area (Å²) in [7, 11) is 2.20. The molecular weight excluding hydrogens is 224 g/mol. The Balaban J connectivity index is 2.10. The lowest BCUT2D eigenvalue weighted by Crippen LogP contribution is -2.57. The van der Waals surface area contributed by atoms with Crippen LogP contribution in [0.1, 0.15) is 32.4 Å². The van der Waals surface area contributed by atoms with Gasteiger partial charge in [-0.05, 0) is 45.5 Å². The highest BCUT2D eigenvalue weighted by atomic mass is 16.3. The summed E-state index contributed by atoms with van der Waals surface area (Å²) in [6, 6.07) is 7.98. The molecule has 1 unspecified atom stereocenters. The number of aromatic hydroxyl groups is 1. The summed E-state index contributed by atoms with van der Waals surface area (Å²) in [5.74, 6) is 0.338. The molecule has 100 valence electrons. The standard InChI is InChI=1S/C15H24N2O/c1-12(13-5-7-14(18)8-6-13)17-10-9-16(4)15(2,3)11-17/h5-8,12,18H,9-11H2,1-4H3. The van der Waals surface area contributed by atoms with Crippen molar-refractivity contribution < 1.29 is 5.11 Å². The van der Waals surface area contributed by atoms with E-state index in [1.165, 1.54) is 5.56 Å². The molecule has 0 bridgehead atoms. The molecule has 1 aromatic rings. The van der Waals surface area contributed by atoms with E-state index in [0.717, 1.165) is 19.6 Å². The zero-order valence-electron chi connectivity index (χ0n) is 11.8. The van der Waals surface area contributed by atoms with Crippen molar-refractivity contribution in [3.8, 4) is 5.75 Å². The van der Waals surface area contributed by atoms with Crippen LogP contribution in [0.15, 0.2) is 24.3 Å². The predicted molar refractivity (Wildman–Crippen MR) is 74.8 cm³/mol. The van der Waals surface area contributed by atoms with Gasteiger partial charge in [-0.3, -0.25) is 9.80 Å². The Morgan fingerprint density at radius 2 is 1.78 bits per heavy atom. The molecule has 0 radical (unpaired) electrons. The van der Waals surface area contributed by atoms with Crippen LogP contribution in [0.25, 0.3) is 0 Å². The Labute approximate surface area is 110 Å². The summed E-state index contributed by atoms with van der Waals surface area (Å²) in [5.41, 5.74) is 1.50. The summed E-state index contributed by atoms with van der Waals surface area (Å²) in [6.07, 6.45) is 0. The molecule has 3 heteroatoms. The first-order chi connectivity index (χ1) is 8.40. The van der Waals surface area contributed by atoms with Crippen LogP contribution in [0.5, 0.6) is 5.75 Å². The van der Waals surface area contributed by atoms with Crippen molar-refractivity contribution in [3.63, 3.8) is 0 Å². The minimum atomic E-state index is 0.226. The van der Waals surface area contributed by atoms with Gasteiger partial charge in [0.15, 0.2) is 0 Å². The molecule has 1 fully saturated rings. The van der Waals surface area contributed by atoms with Gasteiger partial charge in [0.05, 0.1) is 0 Å². The van der Waals surface area contributed by atoms with Crippen LogP contribution in [0.3, 0.4) is 0 Å². The lowest BCUT2D eigenvalue weighted by atomic mass is 9.96. The summed E-state index contributed by atoms with van der Waals surface area (Å²) >= 11 is 0. The summed E-state index contributed by atoms with van der Waals surface area (Å²) < 4.78 is 0.